The maximum atomic E-state index is 13.0. The molecular weight excluding hydrogens is 602 g/mol. The van der Waals surface area contributed by atoms with E-state index in [2.05, 4.69) is 21.7 Å². The van der Waals surface area contributed by atoms with Crippen LogP contribution in [0, 0.1) is 0 Å². The second-order valence-corrected chi connectivity index (χ2v) is 12.3. The van der Waals surface area contributed by atoms with E-state index < -0.39 is 6.29 Å². The topological polar surface area (TPSA) is 93.9 Å². The van der Waals surface area contributed by atoms with Crippen molar-refractivity contribution in [3.05, 3.63) is 161 Å². The summed E-state index contributed by atoms with van der Waals surface area (Å²) in [5, 5.41) is 9.58. The molecule has 8 rings (SSSR count). The highest BCUT2D eigenvalue weighted by molar-refractivity contribution is 6.21. The number of nitrogens with zero attached hydrogens (tertiary/aromatic N) is 3. The van der Waals surface area contributed by atoms with Gasteiger partial charge >= 0.3 is 0 Å². The molecule has 238 valence electrons. The van der Waals surface area contributed by atoms with Gasteiger partial charge in [0.25, 0.3) is 11.8 Å². The fourth-order valence-electron chi connectivity index (χ4n) is 6.69. The highest BCUT2D eigenvalue weighted by Crippen LogP contribution is 2.39. The molecule has 2 aliphatic heterocycles. The number of benzene rings is 5. The van der Waals surface area contributed by atoms with Crippen LogP contribution < -0.4 is 0 Å². The summed E-state index contributed by atoms with van der Waals surface area (Å²) in [6.45, 7) is 0.793. The van der Waals surface area contributed by atoms with Crippen molar-refractivity contribution in [1.82, 2.24) is 14.5 Å². The summed E-state index contributed by atoms with van der Waals surface area (Å²) >= 11 is 0. The van der Waals surface area contributed by atoms with Crippen LogP contribution >= 0.6 is 0 Å². The average molecular weight is 636 g/mol. The van der Waals surface area contributed by atoms with Gasteiger partial charge in [-0.3, -0.25) is 14.5 Å². The van der Waals surface area contributed by atoms with E-state index in [0.29, 0.717) is 24.1 Å². The molecule has 8 nitrogen and oxygen atoms in total. The molecule has 2 aliphatic rings. The SMILES string of the molecule is O=C1c2ccccc2C(=O)N1Cc1cccc(-c2cccc(C3OC(Cn4cnc5ccccc54)CC(c4ccc(CO)cc4)O3)c2)c1. The van der Waals surface area contributed by atoms with Crippen LogP contribution in [-0.2, 0) is 29.2 Å². The summed E-state index contributed by atoms with van der Waals surface area (Å²) in [6.07, 6.45) is 1.51. The Hall–Kier alpha value is -5.41. The van der Waals surface area contributed by atoms with E-state index >= 15 is 0 Å². The number of imide groups is 1. The smallest absolute Gasteiger partial charge is 0.261 e. The van der Waals surface area contributed by atoms with E-state index in [9.17, 15) is 14.7 Å². The summed E-state index contributed by atoms with van der Waals surface area (Å²) in [5.41, 5.74) is 8.43. The van der Waals surface area contributed by atoms with E-state index in [-0.39, 0.29) is 37.2 Å². The Morgan fingerprint density at radius 2 is 1.42 bits per heavy atom. The predicted molar refractivity (Wildman–Crippen MR) is 181 cm³/mol. The standard InChI is InChI=1S/C40H33N3O5/c44-24-26-15-17-28(18-16-26)37-21-32(23-42-25-41-35-13-3-4-14-36(35)42)47-40(48-37)31-10-6-9-30(20-31)29-8-5-7-27(19-29)22-43-38(45)33-11-1-2-12-34(33)39(43)46/h1-20,25,32,37,40,44H,21-24H2. The van der Waals surface area contributed by atoms with Crippen LogP contribution in [0.4, 0.5) is 0 Å². The Morgan fingerprint density at radius 3 is 2.19 bits per heavy atom. The number of amides is 2. The number of aromatic nitrogens is 2. The lowest BCUT2D eigenvalue weighted by Crippen LogP contribution is -2.32. The van der Waals surface area contributed by atoms with Gasteiger partial charge in [-0.1, -0.05) is 84.9 Å². The van der Waals surface area contributed by atoms with Gasteiger partial charge < -0.3 is 19.1 Å². The van der Waals surface area contributed by atoms with Crippen LogP contribution in [0.15, 0.2) is 128 Å². The van der Waals surface area contributed by atoms with Crippen molar-refractivity contribution in [3.63, 3.8) is 0 Å². The molecule has 1 fully saturated rings. The number of imidazole rings is 1. The van der Waals surface area contributed by atoms with E-state index in [1.54, 1.807) is 24.3 Å². The third-order valence-corrected chi connectivity index (χ3v) is 9.18. The van der Waals surface area contributed by atoms with Gasteiger partial charge in [0.05, 0.1) is 60.4 Å². The molecule has 0 radical (unpaired) electrons. The summed E-state index contributed by atoms with van der Waals surface area (Å²) in [4.78, 5) is 31.9. The van der Waals surface area contributed by atoms with Gasteiger partial charge in [-0.05, 0) is 64.2 Å². The average Bonchev–Trinajstić information content (AvgIpc) is 3.65. The Balaban J connectivity index is 1.06. The van der Waals surface area contributed by atoms with Crippen molar-refractivity contribution in [2.45, 2.75) is 44.6 Å². The van der Waals surface area contributed by atoms with E-state index in [1.165, 1.54) is 4.90 Å². The van der Waals surface area contributed by atoms with Gasteiger partial charge in [0.2, 0.25) is 0 Å². The molecule has 8 heteroatoms. The van der Waals surface area contributed by atoms with Crippen molar-refractivity contribution < 1.29 is 24.2 Å². The van der Waals surface area contributed by atoms with Gasteiger partial charge in [-0.2, -0.15) is 0 Å². The van der Waals surface area contributed by atoms with E-state index in [1.807, 2.05) is 91.3 Å². The number of para-hydroxylation sites is 2. The molecule has 48 heavy (non-hydrogen) atoms. The number of aliphatic hydroxyl groups is 1. The second-order valence-electron chi connectivity index (χ2n) is 12.3. The number of aliphatic hydroxyl groups excluding tert-OH is 1. The first-order chi connectivity index (χ1) is 23.5. The number of ether oxygens (including phenoxy) is 2. The van der Waals surface area contributed by atoms with Crippen molar-refractivity contribution in [2.24, 2.45) is 0 Å². The number of fused-ring (bicyclic) bond motifs is 2. The first-order valence-electron chi connectivity index (χ1n) is 16.1. The van der Waals surface area contributed by atoms with Crippen LogP contribution in [0.25, 0.3) is 22.2 Å². The molecule has 1 N–H and O–H groups in total. The van der Waals surface area contributed by atoms with Crippen LogP contribution in [0.3, 0.4) is 0 Å². The molecule has 5 aromatic carbocycles. The van der Waals surface area contributed by atoms with E-state index in [4.69, 9.17) is 9.47 Å². The van der Waals surface area contributed by atoms with Crippen molar-refractivity contribution in [1.29, 1.82) is 0 Å². The van der Waals surface area contributed by atoms with Crippen LogP contribution in [0.1, 0.15) is 61.8 Å². The molecule has 3 atom stereocenters. The normalized spacial score (nSPS) is 19.2. The first-order valence-corrected chi connectivity index (χ1v) is 16.1. The lowest BCUT2D eigenvalue weighted by atomic mass is 9.98. The molecule has 0 bridgehead atoms. The fraction of sp³-hybridized carbons (Fsp3) is 0.175. The van der Waals surface area contributed by atoms with Crippen LogP contribution in [0.2, 0.25) is 0 Å². The molecule has 0 saturated carbocycles. The molecule has 2 amide bonds. The van der Waals surface area contributed by atoms with Crippen molar-refractivity contribution in [2.75, 3.05) is 0 Å². The third-order valence-electron chi connectivity index (χ3n) is 9.18. The highest BCUT2D eigenvalue weighted by atomic mass is 16.7. The number of rotatable bonds is 8. The Kier molecular flexibility index (Phi) is 7.90. The van der Waals surface area contributed by atoms with Gasteiger partial charge in [0.15, 0.2) is 6.29 Å². The zero-order chi connectivity index (χ0) is 32.6. The van der Waals surface area contributed by atoms with Gasteiger partial charge in [0.1, 0.15) is 0 Å². The maximum absolute atomic E-state index is 13.0. The predicted octanol–water partition coefficient (Wildman–Crippen LogP) is 7.24. The highest BCUT2D eigenvalue weighted by Gasteiger charge is 2.35. The number of carbonyl (C=O) groups excluding carboxylic acids is 2. The van der Waals surface area contributed by atoms with E-state index in [0.717, 1.165) is 44.4 Å². The minimum Gasteiger partial charge on any atom is -0.392 e. The minimum atomic E-state index is -0.623. The first kappa shape index (κ1) is 30.0. The second kappa shape index (κ2) is 12.7. The molecule has 3 heterocycles. The molecule has 3 unspecified atom stereocenters. The zero-order valence-corrected chi connectivity index (χ0v) is 26.1. The fourth-order valence-corrected chi connectivity index (χ4v) is 6.69. The lowest BCUT2D eigenvalue weighted by molar-refractivity contribution is -0.252. The Morgan fingerprint density at radius 1 is 0.708 bits per heavy atom. The van der Waals surface area contributed by atoms with Crippen LogP contribution in [0.5, 0.6) is 0 Å². The van der Waals surface area contributed by atoms with Gasteiger partial charge in [-0.25, -0.2) is 4.98 Å². The molecule has 1 aromatic heterocycles. The lowest BCUT2D eigenvalue weighted by Gasteiger charge is -2.36. The van der Waals surface area contributed by atoms with Crippen LogP contribution in [-0.4, -0.2) is 37.5 Å². The third kappa shape index (κ3) is 5.71. The monoisotopic (exact) mass is 635 g/mol. The summed E-state index contributed by atoms with van der Waals surface area (Å²) in [6, 6.07) is 38.9. The number of carbonyl (C=O) groups is 2. The Bertz CT molecular complexity index is 2100. The molecule has 0 spiro atoms. The van der Waals surface area contributed by atoms with Gasteiger partial charge in [0, 0.05) is 12.0 Å². The zero-order valence-electron chi connectivity index (χ0n) is 26.1. The quantitative estimate of drug-likeness (QED) is 0.177. The van der Waals surface area contributed by atoms with Crippen molar-refractivity contribution in [3.8, 4) is 11.1 Å². The minimum absolute atomic E-state index is 0.0137. The summed E-state index contributed by atoms with van der Waals surface area (Å²) in [7, 11) is 0. The Labute approximate surface area is 277 Å². The number of hydrogen-bond donors (Lipinski definition) is 1. The number of hydrogen-bond acceptors (Lipinski definition) is 6. The summed E-state index contributed by atoms with van der Waals surface area (Å²) < 4.78 is 15.4. The van der Waals surface area contributed by atoms with Gasteiger partial charge in [-0.15, -0.1) is 0 Å². The molecule has 0 aliphatic carbocycles. The molecule has 6 aromatic rings. The van der Waals surface area contributed by atoms with Crippen molar-refractivity contribution >= 4 is 22.8 Å². The largest absolute Gasteiger partial charge is 0.392 e. The molecular formula is C40H33N3O5. The molecule has 1 saturated heterocycles. The maximum Gasteiger partial charge on any atom is 0.261 e. The summed E-state index contributed by atoms with van der Waals surface area (Å²) in [5.74, 6) is -0.540.